The van der Waals surface area contributed by atoms with Gasteiger partial charge in [0.1, 0.15) is 5.82 Å². The van der Waals surface area contributed by atoms with Crippen molar-refractivity contribution in [2.45, 2.75) is 38.8 Å². The van der Waals surface area contributed by atoms with E-state index >= 15 is 0 Å². The summed E-state index contributed by atoms with van der Waals surface area (Å²) in [7, 11) is 2.10. The summed E-state index contributed by atoms with van der Waals surface area (Å²) in [5, 5.41) is 3.63. The minimum atomic E-state index is 0.727. The van der Waals surface area contributed by atoms with E-state index < -0.39 is 0 Å². The smallest absolute Gasteiger partial charge is 0.123 e. The lowest BCUT2D eigenvalue weighted by Gasteiger charge is -2.04. The van der Waals surface area contributed by atoms with Gasteiger partial charge in [0.05, 0.1) is 17.6 Å². The zero-order valence-electron chi connectivity index (χ0n) is 11.2. The van der Waals surface area contributed by atoms with Crippen molar-refractivity contribution in [2.75, 3.05) is 0 Å². The topological polar surface area (TPSA) is 29.9 Å². The second kappa shape index (κ2) is 4.73. The van der Waals surface area contributed by atoms with Crippen LogP contribution in [0.15, 0.2) is 24.3 Å². The van der Waals surface area contributed by atoms with E-state index in [1.54, 1.807) is 0 Å². The predicted octanol–water partition coefficient (Wildman–Crippen LogP) is 2.85. The van der Waals surface area contributed by atoms with Crippen LogP contribution in [0.3, 0.4) is 0 Å². The lowest BCUT2D eigenvalue weighted by molar-refractivity contribution is 0.579. The van der Waals surface area contributed by atoms with Crippen LogP contribution in [0.4, 0.5) is 0 Å². The van der Waals surface area contributed by atoms with E-state index in [0.29, 0.717) is 0 Å². The molecule has 1 N–H and O–H groups in total. The Balaban J connectivity index is 1.66. The lowest BCUT2D eigenvalue weighted by atomic mass is 10.2. The zero-order valence-corrected chi connectivity index (χ0v) is 11.2. The first-order chi connectivity index (χ1) is 8.79. The molecule has 3 rings (SSSR count). The maximum atomic E-state index is 4.68. The number of nitrogens with zero attached hydrogens (tertiary/aromatic N) is 2. The highest BCUT2D eigenvalue weighted by molar-refractivity contribution is 5.75. The molecule has 0 saturated heterocycles. The van der Waals surface area contributed by atoms with Crippen molar-refractivity contribution >= 4 is 11.0 Å². The van der Waals surface area contributed by atoms with Crippen molar-refractivity contribution in [3.8, 4) is 0 Å². The van der Waals surface area contributed by atoms with Crippen molar-refractivity contribution in [2.24, 2.45) is 13.0 Å². The summed E-state index contributed by atoms with van der Waals surface area (Å²) in [6, 6.07) is 9.05. The first-order valence-corrected chi connectivity index (χ1v) is 6.93. The number of fused-ring (bicyclic) bond motifs is 1. The Morgan fingerprint density at radius 1 is 1.39 bits per heavy atom. The third-order valence-electron chi connectivity index (χ3n) is 3.98. The largest absolute Gasteiger partial charge is 0.330 e. The number of hydrogen-bond donors (Lipinski definition) is 1. The molecule has 0 radical (unpaired) electrons. The fraction of sp³-hybridized carbons (Fsp3) is 0.533. The molecule has 0 aliphatic heterocycles. The summed E-state index contributed by atoms with van der Waals surface area (Å²) < 4.78 is 2.19. The van der Waals surface area contributed by atoms with E-state index in [4.69, 9.17) is 0 Å². The number of nitrogens with one attached hydrogen (secondary N) is 1. The van der Waals surface area contributed by atoms with Crippen LogP contribution in [0.25, 0.3) is 11.0 Å². The molecule has 1 aromatic heterocycles. The standard InChI is InChI=1S/C15H21N3/c1-3-6-11-9-13(11)16-10-15-17-12-7-4-5-8-14(12)18(15)2/h4-5,7-8,11,13,16H,3,6,9-10H2,1-2H3. The number of imidazole rings is 1. The van der Waals surface area contributed by atoms with Crippen LogP contribution in [-0.4, -0.2) is 15.6 Å². The maximum Gasteiger partial charge on any atom is 0.123 e. The van der Waals surface area contributed by atoms with Gasteiger partial charge in [-0.15, -0.1) is 0 Å². The number of aryl methyl sites for hydroxylation is 1. The molecule has 3 nitrogen and oxygen atoms in total. The summed E-state index contributed by atoms with van der Waals surface area (Å²) in [4.78, 5) is 4.68. The lowest BCUT2D eigenvalue weighted by Crippen LogP contribution is -2.19. The molecule has 0 amide bonds. The van der Waals surface area contributed by atoms with Crippen LogP contribution in [0.1, 0.15) is 32.0 Å². The fourth-order valence-corrected chi connectivity index (χ4v) is 2.76. The van der Waals surface area contributed by atoms with Gasteiger partial charge in [-0.05, 0) is 30.9 Å². The normalized spacial score (nSPS) is 22.6. The van der Waals surface area contributed by atoms with Gasteiger partial charge in [0, 0.05) is 13.1 Å². The van der Waals surface area contributed by atoms with Gasteiger partial charge in [0.15, 0.2) is 0 Å². The van der Waals surface area contributed by atoms with Crippen molar-refractivity contribution in [1.29, 1.82) is 0 Å². The molecule has 1 aliphatic carbocycles. The molecule has 2 atom stereocenters. The van der Waals surface area contributed by atoms with Gasteiger partial charge in [-0.3, -0.25) is 0 Å². The highest BCUT2D eigenvalue weighted by Crippen LogP contribution is 2.34. The van der Waals surface area contributed by atoms with Crippen LogP contribution in [0.2, 0.25) is 0 Å². The molecule has 18 heavy (non-hydrogen) atoms. The molecule has 1 heterocycles. The highest BCUT2D eigenvalue weighted by atomic mass is 15.1. The van der Waals surface area contributed by atoms with E-state index in [2.05, 4.69) is 47.0 Å². The van der Waals surface area contributed by atoms with E-state index in [-0.39, 0.29) is 0 Å². The second-order valence-corrected chi connectivity index (χ2v) is 5.35. The van der Waals surface area contributed by atoms with Gasteiger partial charge in [0.25, 0.3) is 0 Å². The Morgan fingerprint density at radius 3 is 3.00 bits per heavy atom. The number of para-hydroxylation sites is 2. The average molecular weight is 243 g/mol. The van der Waals surface area contributed by atoms with Gasteiger partial charge in [-0.2, -0.15) is 0 Å². The summed E-state index contributed by atoms with van der Waals surface area (Å²) >= 11 is 0. The van der Waals surface area contributed by atoms with Crippen molar-refractivity contribution < 1.29 is 0 Å². The molecule has 96 valence electrons. The van der Waals surface area contributed by atoms with Crippen LogP contribution in [-0.2, 0) is 13.6 Å². The van der Waals surface area contributed by atoms with Crippen LogP contribution in [0, 0.1) is 5.92 Å². The molecular weight excluding hydrogens is 222 g/mol. The van der Waals surface area contributed by atoms with E-state index in [9.17, 15) is 0 Å². The summed E-state index contributed by atoms with van der Waals surface area (Å²) in [5.74, 6) is 2.04. The Labute approximate surface area is 108 Å². The Bertz CT molecular complexity index is 544. The SMILES string of the molecule is CCCC1CC1NCc1nc2ccccc2n1C. The average Bonchev–Trinajstić information content (AvgIpc) is 3.05. The van der Waals surface area contributed by atoms with Gasteiger partial charge >= 0.3 is 0 Å². The molecule has 1 saturated carbocycles. The summed E-state index contributed by atoms with van der Waals surface area (Å²) in [5.41, 5.74) is 2.31. The molecule has 2 aromatic rings. The molecule has 0 bridgehead atoms. The Kier molecular flexibility index (Phi) is 3.08. The summed E-state index contributed by atoms with van der Waals surface area (Å²) in [6.45, 7) is 3.15. The van der Waals surface area contributed by atoms with Crippen LogP contribution in [0.5, 0.6) is 0 Å². The fourth-order valence-electron chi connectivity index (χ4n) is 2.76. The number of hydrogen-bond acceptors (Lipinski definition) is 2. The Morgan fingerprint density at radius 2 is 2.22 bits per heavy atom. The number of rotatable bonds is 5. The molecule has 1 fully saturated rings. The van der Waals surface area contributed by atoms with E-state index in [1.807, 2.05) is 6.07 Å². The minimum absolute atomic E-state index is 0.727. The number of benzene rings is 1. The van der Waals surface area contributed by atoms with Crippen LogP contribution < -0.4 is 5.32 Å². The first-order valence-electron chi connectivity index (χ1n) is 6.93. The monoisotopic (exact) mass is 243 g/mol. The maximum absolute atomic E-state index is 4.68. The van der Waals surface area contributed by atoms with Crippen molar-refractivity contribution in [3.63, 3.8) is 0 Å². The molecule has 1 aliphatic rings. The third kappa shape index (κ3) is 2.15. The molecular formula is C15H21N3. The zero-order chi connectivity index (χ0) is 12.5. The predicted molar refractivity (Wildman–Crippen MR) is 74.4 cm³/mol. The molecule has 0 spiro atoms. The van der Waals surface area contributed by atoms with Gasteiger partial charge in [0.2, 0.25) is 0 Å². The number of aromatic nitrogens is 2. The molecule has 1 aromatic carbocycles. The van der Waals surface area contributed by atoms with E-state index in [0.717, 1.165) is 29.8 Å². The van der Waals surface area contributed by atoms with Gasteiger partial charge in [-0.25, -0.2) is 4.98 Å². The van der Waals surface area contributed by atoms with E-state index in [1.165, 1.54) is 24.8 Å². The third-order valence-corrected chi connectivity index (χ3v) is 3.98. The van der Waals surface area contributed by atoms with Gasteiger partial charge < -0.3 is 9.88 Å². The van der Waals surface area contributed by atoms with Crippen LogP contribution >= 0.6 is 0 Å². The summed E-state index contributed by atoms with van der Waals surface area (Å²) in [6.07, 6.45) is 4.01. The molecule has 2 unspecified atom stereocenters. The quantitative estimate of drug-likeness (QED) is 0.875. The minimum Gasteiger partial charge on any atom is -0.330 e. The van der Waals surface area contributed by atoms with Crippen molar-refractivity contribution in [1.82, 2.24) is 14.9 Å². The highest BCUT2D eigenvalue weighted by Gasteiger charge is 2.35. The molecule has 3 heteroatoms. The Hall–Kier alpha value is -1.35. The second-order valence-electron chi connectivity index (χ2n) is 5.35. The van der Waals surface area contributed by atoms with Crippen molar-refractivity contribution in [3.05, 3.63) is 30.1 Å². The van der Waals surface area contributed by atoms with Gasteiger partial charge in [-0.1, -0.05) is 25.5 Å². The first kappa shape index (κ1) is 11.7.